The number of rotatable bonds is 3. The van der Waals surface area contributed by atoms with E-state index < -0.39 is 5.41 Å². The van der Waals surface area contributed by atoms with E-state index in [1.807, 2.05) is 27.7 Å². The molecule has 21 heavy (non-hydrogen) atoms. The van der Waals surface area contributed by atoms with Gasteiger partial charge < -0.3 is 9.64 Å². The van der Waals surface area contributed by atoms with E-state index in [1.54, 1.807) is 4.90 Å². The van der Waals surface area contributed by atoms with E-state index >= 15 is 0 Å². The van der Waals surface area contributed by atoms with Crippen LogP contribution < -0.4 is 0 Å². The molecule has 1 amide bonds. The molecule has 0 N–H and O–H groups in total. The predicted octanol–water partition coefficient (Wildman–Crippen LogP) is 1.65. The molecule has 0 radical (unpaired) electrons. The fourth-order valence-corrected chi connectivity index (χ4v) is 3.56. The third kappa shape index (κ3) is 2.58. The summed E-state index contributed by atoms with van der Waals surface area (Å²) in [7, 11) is 0. The van der Waals surface area contributed by atoms with E-state index in [0.29, 0.717) is 13.2 Å². The van der Waals surface area contributed by atoms with E-state index in [4.69, 9.17) is 4.74 Å². The van der Waals surface area contributed by atoms with Gasteiger partial charge in [0.05, 0.1) is 18.1 Å². The molecule has 5 nitrogen and oxygen atoms in total. The molecule has 1 saturated heterocycles. The van der Waals surface area contributed by atoms with Gasteiger partial charge in [0, 0.05) is 24.8 Å². The third-order valence-corrected chi connectivity index (χ3v) is 4.95. The Balaban J connectivity index is 2.04. The summed E-state index contributed by atoms with van der Waals surface area (Å²) in [6, 6.07) is -0.356. The van der Waals surface area contributed by atoms with Gasteiger partial charge in [-0.25, -0.2) is 0 Å². The molecule has 4 atom stereocenters. The van der Waals surface area contributed by atoms with Crippen LogP contribution in [0.1, 0.15) is 41.5 Å². The number of Topliss-reactive ketones (excluding diaryl/α,β-unsaturated/α-hetero) is 1. The van der Waals surface area contributed by atoms with Gasteiger partial charge in [-0.3, -0.25) is 14.4 Å². The Bertz CT molecular complexity index is 493. The first kappa shape index (κ1) is 16.0. The van der Waals surface area contributed by atoms with Crippen LogP contribution >= 0.6 is 0 Å². The number of esters is 1. The standard InChI is InChI=1S/C16H25NO4/c1-9(18)13-12-11(7-17(13)10(2)19)16(12,6)8-21-14(20)15(3,4)5/h11-13H,7-8H2,1-6H3/t11-,12-,13+,16?/m0/s1. The molecule has 1 aliphatic heterocycles. The lowest BCUT2D eigenvalue weighted by Gasteiger charge is -2.30. The van der Waals surface area contributed by atoms with Crippen molar-refractivity contribution >= 4 is 17.7 Å². The van der Waals surface area contributed by atoms with Crippen LogP contribution in [0.4, 0.5) is 0 Å². The number of amides is 1. The van der Waals surface area contributed by atoms with Crippen LogP contribution in [0.3, 0.4) is 0 Å². The lowest BCUT2D eigenvalue weighted by atomic mass is 9.96. The zero-order chi connectivity index (χ0) is 16.2. The van der Waals surface area contributed by atoms with Gasteiger partial charge >= 0.3 is 5.97 Å². The molecule has 2 aliphatic rings. The van der Waals surface area contributed by atoms with Crippen LogP contribution in [0, 0.1) is 22.7 Å². The van der Waals surface area contributed by atoms with E-state index in [0.717, 1.165) is 0 Å². The molecule has 0 aromatic carbocycles. The van der Waals surface area contributed by atoms with Gasteiger partial charge in [0.2, 0.25) is 5.91 Å². The van der Waals surface area contributed by atoms with Crippen molar-refractivity contribution in [2.75, 3.05) is 13.2 Å². The largest absolute Gasteiger partial charge is 0.465 e. The van der Waals surface area contributed by atoms with Crippen molar-refractivity contribution in [3.8, 4) is 0 Å². The third-order valence-electron chi connectivity index (χ3n) is 4.95. The van der Waals surface area contributed by atoms with Crippen LogP contribution in [0.15, 0.2) is 0 Å². The van der Waals surface area contributed by atoms with Gasteiger partial charge in [-0.15, -0.1) is 0 Å². The van der Waals surface area contributed by atoms with Crippen molar-refractivity contribution in [2.45, 2.75) is 47.6 Å². The Hall–Kier alpha value is -1.39. The Morgan fingerprint density at radius 3 is 2.24 bits per heavy atom. The van der Waals surface area contributed by atoms with Crippen LogP contribution in [-0.4, -0.2) is 41.8 Å². The second-order valence-corrected chi connectivity index (χ2v) is 7.69. The molecular formula is C16H25NO4. The van der Waals surface area contributed by atoms with E-state index in [-0.39, 0.29) is 41.0 Å². The summed E-state index contributed by atoms with van der Waals surface area (Å²) in [5, 5.41) is 0. The van der Waals surface area contributed by atoms with Crippen molar-refractivity contribution in [2.24, 2.45) is 22.7 Å². The van der Waals surface area contributed by atoms with Crippen molar-refractivity contribution < 1.29 is 19.1 Å². The highest BCUT2D eigenvalue weighted by atomic mass is 16.5. The fourth-order valence-electron chi connectivity index (χ4n) is 3.56. The molecule has 118 valence electrons. The molecule has 2 fully saturated rings. The molecular weight excluding hydrogens is 270 g/mol. The summed E-state index contributed by atoms with van der Waals surface area (Å²) in [6.07, 6.45) is 0. The van der Waals surface area contributed by atoms with Gasteiger partial charge in [0.15, 0.2) is 5.78 Å². The number of ether oxygens (including phenoxy) is 1. The number of hydrogen-bond acceptors (Lipinski definition) is 4. The molecule has 1 heterocycles. The fraction of sp³-hybridized carbons (Fsp3) is 0.812. The Morgan fingerprint density at radius 1 is 1.24 bits per heavy atom. The van der Waals surface area contributed by atoms with Gasteiger partial charge in [0.1, 0.15) is 0 Å². The van der Waals surface area contributed by atoms with Gasteiger partial charge in [-0.05, 0) is 33.6 Å². The number of nitrogens with zero attached hydrogens (tertiary/aromatic N) is 1. The van der Waals surface area contributed by atoms with Gasteiger partial charge in [0.25, 0.3) is 0 Å². The summed E-state index contributed by atoms with van der Waals surface area (Å²) in [5.41, 5.74) is -0.699. The number of fused-ring (bicyclic) bond motifs is 1. The molecule has 0 aromatic heterocycles. The number of hydrogen-bond donors (Lipinski definition) is 0. The predicted molar refractivity (Wildman–Crippen MR) is 77.4 cm³/mol. The minimum atomic E-state index is -0.522. The number of likely N-dealkylation sites (tertiary alicyclic amines) is 1. The maximum absolute atomic E-state index is 11.9. The quantitative estimate of drug-likeness (QED) is 0.743. The SMILES string of the molecule is CC(=O)[C@@H]1[C@@H]2[C@H](CN1C(C)=O)C2(C)COC(=O)C(C)(C)C. The topological polar surface area (TPSA) is 63.7 Å². The highest BCUT2D eigenvalue weighted by molar-refractivity contribution is 5.88. The molecule has 0 aromatic rings. The first-order valence-corrected chi connectivity index (χ1v) is 7.45. The lowest BCUT2D eigenvalue weighted by Crippen LogP contribution is -2.44. The minimum Gasteiger partial charge on any atom is -0.465 e. The zero-order valence-electron chi connectivity index (χ0n) is 13.7. The molecule has 0 spiro atoms. The average Bonchev–Trinajstić information content (AvgIpc) is 2.74. The maximum atomic E-state index is 11.9. The van der Waals surface area contributed by atoms with Crippen LogP contribution in [-0.2, 0) is 19.1 Å². The Labute approximate surface area is 126 Å². The Morgan fingerprint density at radius 2 is 1.81 bits per heavy atom. The zero-order valence-corrected chi connectivity index (χ0v) is 13.7. The normalized spacial score (nSPS) is 34.4. The van der Waals surface area contributed by atoms with Crippen molar-refractivity contribution in [3.63, 3.8) is 0 Å². The van der Waals surface area contributed by atoms with Crippen LogP contribution in [0.5, 0.6) is 0 Å². The Kier molecular flexibility index (Phi) is 3.67. The molecule has 2 rings (SSSR count). The first-order chi connectivity index (χ1) is 9.50. The summed E-state index contributed by atoms with van der Waals surface area (Å²) in [4.78, 5) is 37.1. The maximum Gasteiger partial charge on any atom is 0.311 e. The first-order valence-electron chi connectivity index (χ1n) is 7.45. The van der Waals surface area contributed by atoms with Crippen molar-refractivity contribution in [3.05, 3.63) is 0 Å². The van der Waals surface area contributed by atoms with E-state index in [9.17, 15) is 14.4 Å². The molecule has 5 heteroatoms. The van der Waals surface area contributed by atoms with Crippen molar-refractivity contribution in [1.29, 1.82) is 0 Å². The molecule has 1 aliphatic carbocycles. The van der Waals surface area contributed by atoms with E-state index in [2.05, 4.69) is 0 Å². The second kappa shape index (κ2) is 4.82. The van der Waals surface area contributed by atoms with Crippen molar-refractivity contribution in [1.82, 2.24) is 4.90 Å². The van der Waals surface area contributed by atoms with E-state index in [1.165, 1.54) is 13.8 Å². The average molecular weight is 295 g/mol. The molecule has 1 saturated carbocycles. The molecule has 1 unspecified atom stereocenters. The highest BCUT2D eigenvalue weighted by Gasteiger charge is 2.71. The highest BCUT2D eigenvalue weighted by Crippen LogP contribution is 2.65. The number of ketones is 1. The number of carbonyl (C=O) groups is 3. The monoisotopic (exact) mass is 295 g/mol. The van der Waals surface area contributed by atoms with Gasteiger partial charge in [-0.2, -0.15) is 0 Å². The summed E-state index contributed by atoms with van der Waals surface area (Å²) in [5.74, 6) is 0.103. The smallest absolute Gasteiger partial charge is 0.311 e. The summed E-state index contributed by atoms with van der Waals surface area (Å²) >= 11 is 0. The number of carbonyl (C=O) groups excluding carboxylic acids is 3. The molecule has 0 bridgehead atoms. The van der Waals surface area contributed by atoms with Gasteiger partial charge in [-0.1, -0.05) is 6.92 Å². The summed E-state index contributed by atoms with van der Waals surface area (Å²) in [6.45, 7) is 11.5. The summed E-state index contributed by atoms with van der Waals surface area (Å²) < 4.78 is 5.44. The van der Waals surface area contributed by atoms with Crippen LogP contribution in [0.25, 0.3) is 0 Å². The van der Waals surface area contributed by atoms with Crippen LogP contribution in [0.2, 0.25) is 0 Å². The lowest BCUT2D eigenvalue weighted by molar-refractivity contribution is -0.155. The number of piperidine rings is 1. The minimum absolute atomic E-state index is 0.0172. The second-order valence-electron chi connectivity index (χ2n) is 7.69.